The van der Waals surface area contributed by atoms with Gasteiger partial charge in [0.05, 0.1) is 17.2 Å². The Bertz CT molecular complexity index is 1160. The van der Waals surface area contributed by atoms with Crippen LogP contribution >= 0.6 is 12.4 Å². The van der Waals surface area contributed by atoms with Gasteiger partial charge in [0.2, 0.25) is 0 Å². The van der Waals surface area contributed by atoms with E-state index in [0.717, 1.165) is 50.5 Å². The van der Waals surface area contributed by atoms with Gasteiger partial charge in [-0.3, -0.25) is 4.79 Å². The Morgan fingerprint density at radius 2 is 1.82 bits per heavy atom. The normalized spacial score (nSPS) is 16.5. The van der Waals surface area contributed by atoms with E-state index >= 15 is 0 Å². The highest BCUT2D eigenvalue weighted by molar-refractivity contribution is 5.85. The molecule has 3 aromatic rings. The molecule has 0 spiro atoms. The van der Waals surface area contributed by atoms with E-state index < -0.39 is 0 Å². The van der Waals surface area contributed by atoms with Crippen molar-refractivity contribution in [2.45, 2.75) is 32.0 Å². The summed E-state index contributed by atoms with van der Waals surface area (Å²) in [5, 5.41) is 3.65. The van der Waals surface area contributed by atoms with Crippen molar-refractivity contribution < 1.29 is 13.9 Å². The molecular weight excluding hydrogens is 447 g/mol. The second-order valence-corrected chi connectivity index (χ2v) is 8.36. The molecule has 1 fully saturated rings. The van der Waals surface area contributed by atoms with Gasteiger partial charge in [0.25, 0.3) is 5.56 Å². The molecule has 0 radical (unpaired) electrons. The minimum absolute atomic E-state index is 0. The SMILES string of the molecule is Cl.O=c1cnc2ccc(F)cc2n1CCN1CCC(NCc2ccc3c(c2)OCCO3)CC1. The molecule has 176 valence electrons. The van der Waals surface area contributed by atoms with E-state index in [4.69, 9.17) is 9.47 Å². The molecule has 1 N–H and O–H groups in total. The lowest BCUT2D eigenvalue weighted by atomic mass is 10.0. The topological polar surface area (TPSA) is 68.6 Å². The minimum atomic E-state index is -0.358. The van der Waals surface area contributed by atoms with Crippen LogP contribution in [0, 0.1) is 5.82 Å². The molecule has 7 nitrogen and oxygen atoms in total. The Hall–Kier alpha value is -2.68. The molecule has 0 atom stereocenters. The van der Waals surface area contributed by atoms with Crippen LogP contribution in [0.4, 0.5) is 4.39 Å². The number of benzene rings is 2. The lowest BCUT2D eigenvalue weighted by molar-refractivity contribution is 0.171. The molecule has 2 aromatic carbocycles. The number of halogens is 2. The van der Waals surface area contributed by atoms with Crippen molar-refractivity contribution in [2.24, 2.45) is 0 Å². The van der Waals surface area contributed by atoms with Crippen molar-refractivity contribution in [3.8, 4) is 11.5 Å². The van der Waals surface area contributed by atoms with E-state index in [0.29, 0.717) is 36.8 Å². The number of hydrogen-bond donors (Lipinski definition) is 1. The van der Waals surface area contributed by atoms with Crippen molar-refractivity contribution in [3.63, 3.8) is 0 Å². The number of nitrogens with one attached hydrogen (secondary N) is 1. The fourth-order valence-corrected chi connectivity index (χ4v) is 4.43. The molecule has 0 amide bonds. The van der Waals surface area contributed by atoms with Gasteiger partial charge in [-0.05, 0) is 61.8 Å². The average Bonchev–Trinajstić information content (AvgIpc) is 2.82. The third-order valence-electron chi connectivity index (χ3n) is 6.24. The summed E-state index contributed by atoms with van der Waals surface area (Å²) in [6.45, 7) is 5.20. The molecule has 0 saturated carbocycles. The monoisotopic (exact) mass is 474 g/mol. The van der Waals surface area contributed by atoms with Crippen molar-refractivity contribution in [2.75, 3.05) is 32.8 Å². The second-order valence-electron chi connectivity index (χ2n) is 8.36. The van der Waals surface area contributed by atoms with Crippen LogP contribution in [0.2, 0.25) is 0 Å². The number of hydrogen-bond acceptors (Lipinski definition) is 6. The number of piperidine rings is 1. The fraction of sp³-hybridized carbons (Fsp3) is 0.417. The van der Waals surface area contributed by atoms with Gasteiger partial charge in [-0.25, -0.2) is 9.37 Å². The van der Waals surface area contributed by atoms with Crippen molar-refractivity contribution >= 4 is 23.4 Å². The molecule has 1 aromatic heterocycles. The largest absolute Gasteiger partial charge is 0.486 e. The van der Waals surface area contributed by atoms with E-state index in [9.17, 15) is 9.18 Å². The Morgan fingerprint density at radius 3 is 2.64 bits per heavy atom. The van der Waals surface area contributed by atoms with Crippen molar-refractivity contribution in [1.82, 2.24) is 19.8 Å². The van der Waals surface area contributed by atoms with Gasteiger partial charge in [0.15, 0.2) is 11.5 Å². The van der Waals surface area contributed by atoms with Gasteiger partial charge >= 0.3 is 0 Å². The highest BCUT2D eigenvalue weighted by Gasteiger charge is 2.19. The molecule has 1 saturated heterocycles. The highest BCUT2D eigenvalue weighted by Crippen LogP contribution is 2.30. The first kappa shape index (κ1) is 23.5. The number of fused-ring (bicyclic) bond motifs is 2. The maximum Gasteiger partial charge on any atom is 0.269 e. The Kier molecular flexibility index (Phi) is 7.47. The van der Waals surface area contributed by atoms with Crippen LogP contribution < -0.4 is 20.3 Å². The van der Waals surface area contributed by atoms with Gasteiger partial charge in [-0.1, -0.05) is 6.07 Å². The first-order valence-electron chi connectivity index (χ1n) is 11.1. The van der Waals surface area contributed by atoms with Crippen LogP contribution in [-0.4, -0.2) is 53.3 Å². The Balaban J connectivity index is 0.00000259. The summed E-state index contributed by atoms with van der Waals surface area (Å²) in [6.07, 6.45) is 3.41. The van der Waals surface area contributed by atoms with Crippen LogP contribution in [0.1, 0.15) is 18.4 Å². The summed E-state index contributed by atoms with van der Waals surface area (Å²) in [6, 6.07) is 10.9. The zero-order chi connectivity index (χ0) is 21.9. The maximum atomic E-state index is 13.7. The number of aromatic nitrogens is 2. The number of ether oxygens (including phenoxy) is 2. The summed E-state index contributed by atoms with van der Waals surface area (Å²) >= 11 is 0. The van der Waals surface area contributed by atoms with E-state index in [-0.39, 0.29) is 23.8 Å². The van der Waals surface area contributed by atoms with Crippen LogP contribution in [0.15, 0.2) is 47.4 Å². The smallest absolute Gasteiger partial charge is 0.269 e. The number of rotatable bonds is 6. The third-order valence-corrected chi connectivity index (χ3v) is 6.24. The molecule has 2 aliphatic heterocycles. The van der Waals surface area contributed by atoms with Gasteiger partial charge in [-0.15, -0.1) is 12.4 Å². The lowest BCUT2D eigenvalue weighted by Gasteiger charge is -2.32. The van der Waals surface area contributed by atoms with E-state index in [1.807, 2.05) is 6.07 Å². The van der Waals surface area contributed by atoms with Crippen molar-refractivity contribution in [3.05, 3.63) is 64.3 Å². The minimum Gasteiger partial charge on any atom is -0.486 e. The molecule has 0 aliphatic carbocycles. The van der Waals surface area contributed by atoms with Gasteiger partial charge in [0.1, 0.15) is 19.0 Å². The number of nitrogens with zero attached hydrogens (tertiary/aromatic N) is 3. The van der Waals surface area contributed by atoms with Gasteiger partial charge < -0.3 is 24.3 Å². The molecule has 9 heteroatoms. The zero-order valence-corrected chi connectivity index (χ0v) is 19.2. The summed E-state index contributed by atoms with van der Waals surface area (Å²) in [7, 11) is 0. The predicted molar refractivity (Wildman–Crippen MR) is 127 cm³/mol. The molecule has 33 heavy (non-hydrogen) atoms. The summed E-state index contributed by atoms with van der Waals surface area (Å²) in [5.74, 6) is 1.28. The van der Waals surface area contributed by atoms with E-state index in [1.165, 1.54) is 23.9 Å². The third kappa shape index (κ3) is 5.46. The lowest BCUT2D eigenvalue weighted by Crippen LogP contribution is -2.43. The fourth-order valence-electron chi connectivity index (χ4n) is 4.43. The van der Waals surface area contributed by atoms with Crippen LogP contribution in [0.25, 0.3) is 11.0 Å². The predicted octanol–water partition coefficient (Wildman–Crippen LogP) is 2.98. The summed E-state index contributed by atoms with van der Waals surface area (Å²) in [4.78, 5) is 18.8. The first-order chi connectivity index (χ1) is 15.7. The van der Waals surface area contributed by atoms with Crippen LogP contribution in [-0.2, 0) is 13.1 Å². The summed E-state index contributed by atoms with van der Waals surface area (Å²) in [5.41, 5.74) is 2.17. The standard InChI is InChI=1S/C24H27FN4O3.ClH/c25-18-2-3-20-21(14-18)29(24(30)16-27-20)10-9-28-7-5-19(6-8-28)26-15-17-1-4-22-23(13-17)32-12-11-31-22;/h1-4,13-14,16,19,26H,5-12,15H2;1H. The van der Waals surface area contributed by atoms with Crippen LogP contribution in [0.5, 0.6) is 11.5 Å². The van der Waals surface area contributed by atoms with Gasteiger partial charge in [-0.2, -0.15) is 0 Å². The second kappa shape index (κ2) is 10.5. The van der Waals surface area contributed by atoms with E-state index in [1.54, 1.807) is 10.6 Å². The average molecular weight is 475 g/mol. The quantitative estimate of drug-likeness (QED) is 0.592. The molecular formula is C24H28ClFN4O3. The molecule has 0 bridgehead atoms. The van der Waals surface area contributed by atoms with Crippen molar-refractivity contribution in [1.29, 1.82) is 0 Å². The molecule has 2 aliphatic rings. The van der Waals surface area contributed by atoms with Crippen LogP contribution in [0.3, 0.4) is 0 Å². The zero-order valence-electron chi connectivity index (χ0n) is 18.3. The van der Waals surface area contributed by atoms with Gasteiger partial charge in [0, 0.05) is 25.7 Å². The molecule has 3 heterocycles. The molecule has 5 rings (SSSR count). The first-order valence-corrected chi connectivity index (χ1v) is 11.1. The maximum absolute atomic E-state index is 13.7. The Labute approximate surface area is 197 Å². The Morgan fingerprint density at radius 1 is 1.03 bits per heavy atom. The summed E-state index contributed by atoms with van der Waals surface area (Å²) < 4.78 is 26.6. The highest BCUT2D eigenvalue weighted by atomic mass is 35.5. The number of likely N-dealkylation sites (tertiary alicyclic amines) is 1. The van der Waals surface area contributed by atoms with E-state index in [2.05, 4.69) is 27.3 Å². The molecule has 0 unspecified atom stereocenters.